The summed E-state index contributed by atoms with van der Waals surface area (Å²) in [4.78, 5) is 4.15. The first-order valence-electron chi connectivity index (χ1n) is 8.46. The molecule has 0 spiro atoms. The molecule has 0 unspecified atom stereocenters. The predicted molar refractivity (Wildman–Crippen MR) is 91.8 cm³/mol. The van der Waals surface area contributed by atoms with Crippen LogP contribution in [0.5, 0.6) is 0 Å². The van der Waals surface area contributed by atoms with Crippen molar-refractivity contribution in [3.63, 3.8) is 0 Å². The van der Waals surface area contributed by atoms with E-state index in [-0.39, 0.29) is 1.43 Å². The standard InChI is InChI=1S/C19H26N2O.H2/c1-2-5-16(6-3-1)11-18-12-19(15-21-14-18)22-10-8-17-7-4-9-20-13-17;/h1-2,4-5,7,9,13,18-19,21H,3,6,8,10-12,14-15H2;1H/t18-,19+;/m0./s1. The van der Waals surface area contributed by atoms with E-state index in [9.17, 15) is 0 Å². The number of piperidine rings is 1. The van der Waals surface area contributed by atoms with E-state index in [4.69, 9.17) is 4.74 Å². The van der Waals surface area contributed by atoms with Crippen LogP contribution in [0.15, 0.2) is 48.3 Å². The van der Waals surface area contributed by atoms with Crippen LogP contribution in [0.3, 0.4) is 0 Å². The minimum atomic E-state index is 0. The number of hydrogen-bond acceptors (Lipinski definition) is 3. The Morgan fingerprint density at radius 1 is 1.36 bits per heavy atom. The van der Waals surface area contributed by atoms with Crippen molar-refractivity contribution in [3.05, 3.63) is 53.9 Å². The minimum absolute atomic E-state index is 0. The van der Waals surface area contributed by atoms with Gasteiger partial charge < -0.3 is 10.1 Å². The highest BCUT2D eigenvalue weighted by molar-refractivity contribution is 5.18. The molecule has 0 amide bonds. The molecule has 1 aromatic rings. The number of nitrogens with one attached hydrogen (secondary N) is 1. The highest BCUT2D eigenvalue weighted by Crippen LogP contribution is 2.25. The van der Waals surface area contributed by atoms with Crippen molar-refractivity contribution < 1.29 is 6.16 Å². The molecule has 1 aliphatic carbocycles. The first-order valence-corrected chi connectivity index (χ1v) is 8.46. The lowest BCUT2D eigenvalue weighted by molar-refractivity contribution is 0.0241. The highest BCUT2D eigenvalue weighted by Gasteiger charge is 2.23. The van der Waals surface area contributed by atoms with Crippen LogP contribution in [-0.2, 0) is 11.2 Å². The van der Waals surface area contributed by atoms with Gasteiger partial charge in [-0.05, 0) is 56.2 Å². The van der Waals surface area contributed by atoms with Crippen molar-refractivity contribution in [2.24, 2.45) is 5.92 Å². The molecule has 120 valence electrons. The van der Waals surface area contributed by atoms with Gasteiger partial charge in [-0.15, -0.1) is 0 Å². The number of rotatable bonds is 6. The smallest absolute Gasteiger partial charge is 0.0702 e. The van der Waals surface area contributed by atoms with Gasteiger partial charge in [-0.25, -0.2) is 0 Å². The second-order valence-electron chi connectivity index (χ2n) is 6.36. The molecule has 3 heteroatoms. The van der Waals surface area contributed by atoms with E-state index in [2.05, 4.69) is 34.6 Å². The van der Waals surface area contributed by atoms with Gasteiger partial charge in [-0.3, -0.25) is 4.98 Å². The normalized spacial score (nSPS) is 25.0. The summed E-state index contributed by atoms with van der Waals surface area (Å²) >= 11 is 0. The summed E-state index contributed by atoms with van der Waals surface area (Å²) in [5.74, 6) is 0.717. The fraction of sp³-hybridized carbons (Fsp3) is 0.526. The molecule has 0 saturated carbocycles. The Hall–Kier alpha value is -1.45. The Labute approximate surface area is 135 Å². The second kappa shape index (κ2) is 8.25. The van der Waals surface area contributed by atoms with Gasteiger partial charge in [0.1, 0.15) is 0 Å². The molecule has 1 aromatic heterocycles. The molecule has 1 saturated heterocycles. The average Bonchev–Trinajstić information content (AvgIpc) is 2.57. The van der Waals surface area contributed by atoms with Gasteiger partial charge in [0.25, 0.3) is 0 Å². The molecule has 2 heterocycles. The topological polar surface area (TPSA) is 34.1 Å². The van der Waals surface area contributed by atoms with Gasteiger partial charge in [0, 0.05) is 20.4 Å². The fourth-order valence-corrected chi connectivity index (χ4v) is 3.35. The van der Waals surface area contributed by atoms with Crippen LogP contribution in [0.1, 0.15) is 32.7 Å². The van der Waals surface area contributed by atoms with Crippen molar-refractivity contribution in [3.8, 4) is 0 Å². The zero-order chi connectivity index (χ0) is 15.0. The molecular formula is C19H28N2O. The summed E-state index contributed by atoms with van der Waals surface area (Å²) < 4.78 is 6.08. The third kappa shape index (κ3) is 4.79. The van der Waals surface area contributed by atoms with E-state index < -0.39 is 0 Å². The number of ether oxygens (including phenoxy) is 1. The number of pyridine rings is 1. The Balaban J connectivity index is 0.00000192. The van der Waals surface area contributed by atoms with E-state index in [1.165, 1.54) is 31.2 Å². The summed E-state index contributed by atoms with van der Waals surface area (Å²) in [5, 5.41) is 3.54. The Morgan fingerprint density at radius 3 is 3.18 bits per heavy atom. The van der Waals surface area contributed by atoms with E-state index in [0.29, 0.717) is 6.10 Å². The molecule has 0 aromatic carbocycles. The summed E-state index contributed by atoms with van der Waals surface area (Å²) in [6.07, 6.45) is 16.7. The SMILES string of the molecule is C1=CCCC(C[C@@H]2CNC[C@H](OCCc3cccnc3)C2)=C1.[HH]. The van der Waals surface area contributed by atoms with Gasteiger partial charge in [0.15, 0.2) is 0 Å². The lowest BCUT2D eigenvalue weighted by Crippen LogP contribution is -2.41. The maximum absolute atomic E-state index is 6.08. The number of aromatic nitrogens is 1. The predicted octanol–water partition coefficient (Wildman–Crippen LogP) is 3.53. The van der Waals surface area contributed by atoms with E-state index in [0.717, 1.165) is 32.0 Å². The zero-order valence-electron chi connectivity index (χ0n) is 13.2. The van der Waals surface area contributed by atoms with Crippen LogP contribution in [-0.4, -0.2) is 30.8 Å². The van der Waals surface area contributed by atoms with Crippen LogP contribution in [0.25, 0.3) is 0 Å². The number of hydrogen-bond donors (Lipinski definition) is 1. The Bertz CT molecular complexity index is 515. The molecule has 1 aliphatic heterocycles. The second-order valence-corrected chi connectivity index (χ2v) is 6.36. The monoisotopic (exact) mass is 300 g/mol. The summed E-state index contributed by atoms with van der Waals surface area (Å²) in [5.41, 5.74) is 2.85. The number of nitrogens with zero attached hydrogens (tertiary/aromatic N) is 1. The molecule has 0 radical (unpaired) electrons. The summed E-state index contributed by atoms with van der Waals surface area (Å²) in [6.45, 7) is 2.90. The lowest BCUT2D eigenvalue weighted by atomic mass is 9.88. The maximum Gasteiger partial charge on any atom is 0.0702 e. The van der Waals surface area contributed by atoms with Crippen LogP contribution in [0, 0.1) is 5.92 Å². The molecule has 0 bridgehead atoms. The Morgan fingerprint density at radius 2 is 2.36 bits per heavy atom. The molecule has 2 atom stereocenters. The third-order valence-electron chi connectivity index (χ3n) is 4.52. The van der Waals surface area contributed by atoms with Crippen LogP contribution in [0.4, 0.5) is 0 Å². The van der Waals surface area contributed by atoms with Gasteiger partial charge in [-0.2, -0.15) is 0 Å². The van der Waals surface area contributed by atoms with Crippen molar-refractivity contribution in [2.75, 3.05) is 19.7 Å². The van der Waals surface area contributed by atoms with Crippen LogP contribution in [0.2, 0.25) is 0 Å². The maximum atomic E-state index is 6.08. The zero-order valence-corrected chi connectivity index (χ0v) is 13.2. The van der Waals surface area contributed by atoms with Gasteiger partial charge in [0.2, 0.25) is 0 Å². The molecule has 2 aliphatic rings. The van der Waals surface area contributed by atoms with Gasteiger partial charge in [0.05, 0.1) is 12.7 Å². The fourth-order valence-electron chi connectivity index (χ4n) is 3.35. The first-order chi connectivity index (χ1) is 10.9. The lowest BCUT2D eigenvalue weighted by Gasteiger charge is -2.31. The van der Waals surface area contributed by atoms with Crippen molar-refractivity contribution in [1.82, 2.24) is 10.3 Å². The van der Waals surface area contributed by atoms with Crippen molar-refractivity contribution >= 4 is 0 Å². The molecular weight excluding hydrogens is 272 g/mol. The van der Waals surface area contributed by atoms with Crippen LogP contribution < -0.4 is 5.32 Å². The summed E-state index contributed by atoms with van der Waals surface area (Å²) in [7, 11) is 0. The van der Waals surface area contributed by atoms with E-state index in [1.54, 1.807) is 5.57 Å². The van der Waals surface area contributed by atoms with E-state index in [1.807, 2.05) is 18.5 Å². The van der Waals surface area contributed by atoms with Crippen molar-refractivity contribution in [2.45, 2.75) is 38.2 Å². The molecule has 3 nitrogen and oxygen atoms in total. The largest absolute Gasteiger partial charge is 0.377 e. The molecule has 3 rings (SSSR count). The summed E-state index contributed by atoms with van der Waals surface area (Å²) in [6, 6.07) is 4.10. The quantitative estimate of drug-likeness (QED) is 0.872. The average molecular weight is 300 g/mol. The van der Waals surface area contributed by atoms with Crippen LogP contribution >= 0.6 is 0 Å². The minimum Gasteiger partial charge on any atom is -0.377 e. The number of allylic oxidation sites excluding steroid dienone is 4. The molecule has 1 N–H and O–H groups in total. The van der Waals surface area contributed by atoms with Gasteiger partial charge >= 0.3 is 0 Å². The first kappa shape index (κ1) is 15.4. The van der Waals surface area contributed by atoms with Gasteiger partial charge in [-0.1, -0.05) is 29.9 Å². The molecule has 22 heavy (non-hydrogen) atoms. The Kier molecular flexibility index (Phi) is 5.79. The van der Waals surface area contributed by atoms with E-state index >= 15 is 0 Å². The third-order valence-corrected chi connectivity index (χ3v) is 4.52. The highest BCUT2D eigenvalue weighted by atomic mass is 16.5. The van der Waals surface area contributed by atoms with Crippen molar-refractivity contribution in [1.29, 1.82) is 0 Å². The molecule has 1 fully saturated rings.